The molecular weight excluding hydrogens is 665 g/mol. The van der Waals surface area contributed by atoms with Crippen LogP contribution in [0.5, 0.6) is 5.75 Å². The van der Waals surface area contributed by atoms with Crippen molar-refractivity contribution in [3.05, 3.63) is 115 Å². The summed E-state index contributed by atoms with van der Waals surface area (Å²) in [6.07, 6.45) is 0. The third kappa shape index (κ3) is 5.77. The first-order valence-electron chi connectivity index (χ1n) is 12.8. The number of benzene rings is 6. The summed E-state index contributed by atoms with van der Waals surface area (Å²) >= 11 is 0. The maximum atomic E-state index is 13.6. The quantitative estimate of drug-likeness (QED) is 0.164. The van der Waals surface area contributed by atoms with Crippen LogP contribution in [0, 0.1) is 0 Å². The van der Waals surface area contributed by atoms with E-state index < -0.39 is 65.8 Å². The minimum Gasteiger partial charge on any atom is -0.377 e. The van der Waals surface area contributed by atoms with Crippen LogP contribution in [0.3, 0.4) is 0 Å². The van der Waals surface area contributed by atoms with Crippen LogP contribution < -0.4 is 4.18 Å². The number of hydrogen-bond donors (Lipinski definition) is 1. The fraction of sp³-hybridized carbons (Fsp3) is 0. The van der Waals surface area contributed by atoms with Crippen molar-refractivity contribution in [3.63, 3.8) is 0 Å². The predicted octanol–water partition coefficient (Wildman–Crippen LogP) is 5.25. The lowest BCUT2D eigenvalue weighted by Crippen LogP contribution is -2.15. The highest BCUT2D eigenvalue weighted by Crippen LogP contribution is 2.37. The van der Waals surface area contributed by atoms with Gasteiger partial charge in [-0.3, -0.25) is 4.55 Å². The zero-order chi connectivity index (χ0) is 32.2. The van der Waals surface area contributed by atoms with E-state index in [0.29, 0.717) is 10.8 Å². The van der Waals surface area contributed by atoms with Gasteiger partial charge in [0.2, 0.25) is 0 Å². The molecule has 1 N–H and O–H groups in total. The van der Waals surface area contributed by atoms with Gasteiger partial charge in [0.15, 0.2) is 5.75 Å². The second kappa shape index (κ2) is 10.9. The lowest BCUT2D eigenvalue weighted by Gasteiger charge is -2.15. The maximum Gasteiger partial charge on any atom is 0.339 e. The van der Waals surface area contributed by atoms with Crippen molar-refractivity contribution in [2.24, 2.45) is 0 Å². The topological polar surface area (TPSA) is 175 Å². The highest BCUT2D eigenvalue weighted by atomic mass is 32.3. The standard InChI is InChI=1S/C30H20O11S4/c31-42(32,33)29-18-16-21-8-3-4-10-24(21)30(29)40-44(36,37)27-13-5-12-26-25(27)11-6-14-28(26)45(38,39)41-43(34,35)23-17-15-20-7-1-2-9-22(20)19-23/h1-19H,(H,31,32,33). The summed E-state index contributed by atoms with van der Waals surface area (Å²) in [6.45, 7) is 0. The Balaban J connectivity index is 1.44. The Labute approximate surface area is 258 Å². The second-order valence-electron chi connectivity index (χ2n) is 9.72. The first-order valence-corrected chi connectivity index (χ1v) is 18.5. The van der Waals surface area contributed by atoms with Crippen LogP contribution in [0.15, 0.2) is 135 Å². The van der Waals surface area contributed by atoms with Gasteiger partial charge in [0.05, 0.1) is 4.90 Å². The van der Waals surface area contributed by atoms with Gasteiger partial charge in [0.1, 0.15) is 14.7 Å². The third-order valence-electron chi connectivity index (χ3n) is 6.88. The van der Waals surface area contributed by atoms with Crippen LogP contribution in [-0.4, -0.2) is 38.2 Å². The van der Waals surface area contributed by atoms with Gasteiger partial charge in [-0.15, -0.1) is 3.63 Å². The molecule has 0 fully saturated rings. The summed E-state index contributed by atoms with van der Waals surface area (Å²) in [5.41, 5.74) is 0. The van der Waals surface area contributed by atoms with Gasteiger partial charge in [-0.2, -0.15) is 33.7 Å². The number of rotatable bonds is 8. The highest BCUT2D eigenvalue weighted by Gasteiger charge is 2.31. The van der Waals surface area contributed by atoms with Crippen molar-refractivity contribution >= 4 is 72.8 Å². The van der Waals surface area contributed by atoms with Crippen molar-refractivity contribution < 1.29 is 46.0 Å². The molecule has 0 unspecified atom stereocenters. The van der Waals surface area contributed by atoms with Crippen LogP contribution in [0.4, 0.5) is 0 Å². The molecule has 0 aliphatic rings. The summed E-state index contributed by atoms with van der Waals surface area (Å²) in [6, 6.07) is 26.3. The lowest BCUT2D eigenvalue weighted by molar-refractivity contribution is 0.459. The molecule has 0 spiro atoms. The van der Waals surface area contributed by atoms with Crippen molar-refractivity contribution in [3.8, 4) is 5.75 Å². The molecule has 0 aromatic heterocycles. The Morgan fingerprint density at radius 3 is 1.62 bits per heavy atom. The molecule has 6 aromatic carbocycles. The number of hydrogen-bond acceptors (Lipinski definition) is 10. The third-order valence-corrected chi connectivity index (χ3v) is 12.2. The molecule has 6 aromatic rings. The Bertz CT molecular complexity index is 2610. The molecule has 0 aliphatic carbocycles. The SMILES string of the molecule is O=S(=O)(O)c1ccc2ccccc2c1OS(=O)(=O)c1cccc2c(S(=O)(=O)OS(=O)(=O)c3ccc4ccccc4c3)cccc12. The normalized spacial score (nSPS) is 12.9. The Kier molecular flexibility index (Phi) is 7.42. The van der Waals surface area contributed by atoms with E-state index >= 15 is 0 Å². The van der Waals surface area contributed by atoms with Gasteiger partial charge in [-0.25, -0.2) is 0 Å². The van der Waals surface area contributed by atoms with E-state index in [0.717, 1.165) is 23.6 Å². The van der Waals surface area contributed by atoms with Gasteiger partial charge in [0, 0.05) is 16.2 Å². The molecule has 0 radical (unpaired) electrons. The fourth-order valence-electron chi connectivity index (χ4n) is 4.87. The fourth-order valence-corrected chi connectivity index (χ4v) is 9.48. The molecule has 0 heterocycles. The van der Waals surface area contributed by atoms with Crippen LogP contribution in [0.2, 0.25) is 0 Å². The molecule has 0 amide bonds. The van der Waals surface area contributed by atoms with E-state index in [1.54, 1.807) is 36.4 Å². The molecule has 45 heavy (non-hydrogen) atoms. The van der Waals surface area contributed by atoms with Crippen LogP contribution in [-0.2, 0) is 44.1 Å². The first kappa shape index (κ1) is 30.6. The van der Waals surface area contributed by atoms with Crippen LogP contribution in [0.25, 0.3) is 32.3 Å². The maximum absolute atomic E-state index is 13.6. The van der Waals surface area contributed by atoms with E-state index in [4.69, 9.17) is 7.81 Å². The Morgan fingerprint density at radius 1 is 0.444 bits per heavy atom. The second-order valence-corrected chi connectivity index (χ2v) is 15.9. The molecule has 0 atom stereocenters. The van der Waals surface area contributed by atoms with Crippen molar-refractivity contribution in [2.45, 2.75) is 19.6 Å². The monoisotopic (exact) mass is 684 g/mol. The molecule has 11 nitrogen and oxygen atoms in total. The van der Waals surface area contributed by atoms with Gasteiger partial charge in [-0.1, -0.05) is 84.9 Å². The van der Waals surface area contributed by atoms with Crippen LogP contribution >= 0.6 is 0 Å². The minimum absolute atomic E-state index is 0.0620. The molecule has 0 saturated heterocycles. The van der Waals surface area contributed by atoms with E-state index in [1.807, 2.05) is 0 Å². The minimum atomic E-state index is -5.06. The summed E-state index contributed by atoms with van der Waals surface area (Å²) < 4.78 is 124. The number of fused-ring (bicyclic) bond motifs is 3. The molecule has 0 bridgehead atoms. The predicted molar refractivity (Wildman–Crippen MR) is 165 cm³/mol. The van der Waals surface area contributed by atoms with Crippen molar-refractivity contribution in [1.29, 1.82) is 0 Å². The van der Waals surface area contributed by atoms with Gasteiger partial charge in [0.25, 0.3) is 10.1 Å². The highest BCUT2D eigenvalue weighted by molar-refractivity contribution is 8.00. The summed E-state index contributed by atoms with van der Waals surface area (Å²) in [5.74, 6) is -0.666. The summed E-state index contributed by atoms with van der Waals surface area (Å²) in [4.78, 5) is -2.43. The average molecular weight is 685 g/mol. The zero-order valence-electron chi connectivity index (χ0n) is 22.6. The Hall–Kier alpha value is -4.38. The Morgan fingerprint density at radius 2 is 0.978 bits per heavy atom. The molecule has 230 valence electrons. The summed E-state index contributed by atoms with van der Waals surface area (Å²) in [5, 5.41) is 1.31. The molecule has 0 aliphatic heterocycles. The molecule has 15 heteroatoms. The molecule has 6 rings (SSSR count). The smallest absolute Gasteiger partial charge is 0.339 e. The summed E-state index contributed by atoms with van der Waals surface area (Å²) in [7, 11) is -19.8. The first-order chi connectivity index (χ1) is 21.2. The zero-order valence-corrected chi connectivity index (χ0v) is 25.9. The largest absolute Gasteiger partial charge is 0.377 e. The van der Waals surface area contributed by atoms with Gasteiger partial charge >= 0.3 is 30.4 Å². The van der Waals surface area contributed by atoms with Crippen molar-refractivity contribution in [1.82, 2.24) is 0 Å². The molecular formula is C30H20O11S4. The van der Waals surface area contributed by atoms with Crippen molar-refractivity contribution in [2.75, 3.05) is 0 Å². The van der Waals surface area contributed by atoms with E-state index in [1.165, 1.54) is 60.7 Å². The van der Waals surface area contributed by atoms with E-state index in [-0.39, 0.29) is 16.2 Å². The lowest BCUT2D eigenvalue weighted by atomic mass is 10.1. The average Bonchev–Trinajstić information content (AvgIpc) is 2.99. The van der Waals surface area contributed by atoms with Gasteiger partial charge in [-0.05, 0) is 46.5 Å². The molecule has 0 saturated carbocycles. The van der Waals surface area contributed by atoms with E-state index in [9.17, 15) is 38.2 Å². The van der Waals surface area contributed by atoms with Crippen LogP contribution in [0.1, 0.15) is 0 Å². The van der Waals surface area contributed by atoms with E-state index in [2.05, 4.69) is 0 Å². The van der Waals surface area contributed by atoms with Gasteiger partial charge < -0.3 is 4.18 Å².